The average Bonchev–Trinajstić information content (AvgIpc) is 2.68. The normalized spacial score (nSPS) is 12.3. The molecule has 1 atom stereocenters. The van der Waals surface area contributed by atoms with Gasteiger partial charge in [-0.1, -0.05) is 42.5 Å². The molecule has 0 saturated carbocycles. The third kappa shape index (κ3) is 4.39. The molecular formula is C24H26N2O2. The highest BCUT2D eigenvalue weighted by Crippen LogP contribution is 2.27. The molecule has 0 aliphatic carbocycles. The van der Waals surface area contributed by atoms with Crippen LogP contribution >= 0.6 is 0 Å². The van der Waals surface area contributed by atoms with Crippen molar-refractivity contribution in [2.75, 3.05) is 0 Å². The van der Waals surface area contributed by atoms with Gasteiger partial charge in [-0.05, 0) is 57.5 Å². The fourth-order valence-corrected chi connectivity index (χ4v) is 3.25. The van der Waals surface area contributed by atoms with Gasteiger partial charge >= 0.3 is 0 Å². The first-order valence-corrected chi connectivity index (χ1v) is 9.44. The third-order valence-electron chi connectivity index (χ3n) is 4.76. The Morgan fingerprint density at radius 1 is 1.00 bits per heavy atom. The zero-order valence-corrected chi connectivity index (χ0v) is 16.8. The van der Waals surface area contributed by atoms with Crippen LogP contribution < -0.4 is 10.1 Å². The molecule has 1 unspecified atom stereocenters. The summed E-state index contributed by atoms with van der Waals surface area (Å²) < 4.78 is 6.07. The second-order valence-electron chi connectivity index (χ2n) is 7.41. The van der Waals surface area contributed by atoms with Crippen molar-refractivity contribution in [3.8, 4) is 5.75 Å². The van der Waals surface area contributed by atoms with E-state index in [2.05, 4.69) is 10.3 Å². The molecule has 1 heterocycles. The molecule has 0 aliphatic rings. The number of aromatic nitrogens is 1. The molecule has 4 nitrogen and oxygen atoms in total. The lowest BCUT2D eigenvalue weighted by Crippen LogP contribution is -2.42. The van der Waals surface area contributed by atoms with Gasteiger partial charge in [0.15, 0.2) is 0 Å². The van der Waals surface area contributed by atoms with Gasteiger partial charge in [0.05, 0.1) is 11.2 Å². The fourth-order valence-electron chi connectivity index (χ4n) is 3.25. The summed E-state index contributed by atoms with van der Waals surface area (Å²) in [7, 11) is 0. The lowest BCUT2D eigenvalue weighted by molar-refractivity contribution is 0.0905. The fraction of sp³-hybridized carbons (Fsp3) is 0.250. The van der Waals surface area contributed by atoms with Gasteiger partial charge in [-0.3, -0.25) is 9.78 Å². The zero-order valence-electron chi connectivity index (χ0n) is 16.8. The number of hydrogen-bond donors (Lipinski definition) is 1. The first kappa shape index (κ1) is 19.6. The van der Waals surface area contributed by atoms with Crippen LogP contribution in [0.2, 0.25) is 0 Å². The molecule has 28 heavy (non-hydrogen) atoms. The summed E-state index contributed by atoms with van der Waals surface area (Å²) in [5.74, 6) is 0.643. The van der Waals surface area contributed by atoms with E-state index in [1.807, 2.05) is 94.4 Å². The SMILES string of the molecule is Cc1cccc(C(C)Oc2ccccc2)c1C(=O)NC(C)(C)c1ccccn1. The predicted molar refractivity (Wildman–Crippen MR) is 111 cm³/mol. The van der Waals surface area contributed by atoms with Crippen LogP contribution in [0.3, 0.4) is 0 Å². The Morgan fingerprint density at radius 3 is 2.39 bits per heavy atom. The van der Waals surface area contributed by atoms with Crippen molar-refractivity contribution in [2.24, 2.45) is 0 Å². The molecule has 0 bridgehead atoms. The van der Waals surface area contributed by atoms with E-state index in [0.29, 0.717) is 5.56 Å². The number of benzene rings is 2. The Morgan fingerprint density at radius 2 is 1.71 bits per heavy atom. The molecule has 0 saturated heterocycles. The maximum Gasteiger partial charge on any atom is 0.252 e. The van der Waals surface area contributed by atoms with Crippen molar-refractivity contribution in [2.45, 2.75) is 39.3 Å². The number of nitrogens with zero attached hydrogens (tertiary/aromatic N) is 1. The summed E-state index contributed by atoms with van der Waals surface area (Å²) in [6, 6.07) is 21.2. The van der Waals surface area contributed by atoms with Crippen LogP contribution in [0.5, 0.6) is 5.75 Å². The number of ether oxygens (including phenoxy) is 1. The van der Waals surface area contributed by atoms with Crippen LogP contribution in [0.25, 0.3) is 0 Å². The van der Waals surface area contributed by atoms with Crippen molar-refractivity contribution in [1.29, 1.82) is 0 Å². The minimum Gasteiger partial charge on any atom is -0.486 e. The van der Waals surface area contributed by atoms with Gasteiger partial charge in [-0.25, -0.2) is 0 Å². The maximum absolute atomic E-state index is 13.2. The molecule has 0 aliphatic heterocycles. The van der Waals surface area contributed by atoms with Crippen LogP contribution in [-0.2, 0) is 5.54 Å². The summed E-state index contributed by atoms with van der Waals surface area (Å²) in [6.07, 6.45) is 1.47. The van der Waals surface area contributed by atoms with Crippen LogP contribution in [0.1, 0.15) is 54.1 Å². The quantitative estimate of drug-likeness (QED) is 0.645. The Kier molecular flexibility index (Phi) is 5.78. The average molecular weight is 374 g/mol. The molecule has 1 amide bonds. The van der Waals surface area contributed by atoms with Crippen molar-refractivity contribution in [3.05, 3.63) is 95.3 Å². The largest absolute Gasteiger partial charge is 0.486 e. The number of pyridine rings is 1. The highest BCUT2D eigenvalue weighted by atomic mass is 16.5. The lowest BCUT2D eigenvalue weighted by atomic mass is 9.94. The summed E-state index contributed by atoms with van der Waals surface area (Å²) in [6.45, 7) is 7.81. The predicted octanol–water partition coefficient (Wildman–Crippen LogP) is 5.20. The van der Waals surface area contributed by atoms with E-state index in [0.717, 1.165) is 22.6 Å². The molecule has 2 aromatic carbocycles. The number of hydrogen-bond acceptors (Lipinski definition) is 3. The van der Waals surface area contributed by atoms with E-state index in [4.69, 9.17) is 4.74 Å². The van der Waals surface area contributed by atoms with Crippen molar-refractivity contribution >= 4 is 5.91 Å². The number of para-hydroxylation sites is 1. The highest BCUT2D eigenvalue weighted by molar-refractivity contribution is 5.97. The van der Waals surface area contributed by atoms with E-state index < -0.39 is 5.54 Å². The number of carbonyl (C=O) groups is 1. The highest BCUT2D eigenvalue weighted by Gasteiger charge is 2.27. The second-order valence-corrected chi connectivity index (χ2v) is 7.41. The molecular weight excluding hydrogens is 348 g/mol. The topological polar surface area (TPSA) is 51.2 Å². The molecule has 3 rings (SSSR count). The van der Waals surface area contributed by atoms with Gasteiger partial charge < -0.3 is 10.1 Å². The lowest BCUT2D eigenvalue weighted by Gasteiger charge is -2.27. The van der Waals surface area contributed by atoms with Gasteiger partial charge in [0, 0.05) is 17.3 Å². The summed E-state index contributed by atoms with van der Waals surface area (Å²) in [5, 5.41) is 3.13. The van der Waals surface area contributed by atoms with Gasteiger partial charge in [0.25, 0.3) is 5.91 Å². The van der Waals surface area contributed by atoms with E-state index in [1.54, 1.807) is 6.20 Å². The van der Waals surface area contributed by atoms with Crippen LogP contribution in [0.15, 0.2) is 72.9 Å². The number of amides is 1. The second kappa shape index (κ2) is 8.26. The summed E-state index contributed by atoms with van der Waals surface area (Å²) in [5.41, 5.74) is 2.64. The monoisotopic (exact) mass is 374 g/mol. The number of carbonyl (C=O) groups excluding carboxylic acids is 1. The standard InChI is InChI=1S/C24H26N2O2/c1-17-11-10-14-20(18(2)28-19-12-6-5-7-13-19)22(17)23(27)26-24(3,4)21-15-8-9-16-25-21/h5-16,18H,1-4H3,(H,26,27). The minimum atomic E-state index is -0.596. The molecule has 4 heteroatoms. The van der Waals surface area contributed by atoms with Crippen LogP contribution in [0.4, 0.5) is 0 Å². The minimum absolute atomic E-state index is 0.132. The first-order chi connectivity index (χ1) is 13.4. The van der Waals surface area contributed by atoms with Gasteiger partial charge in [-0.15, -0.1) is 0 Å². The van der Waals surface area contributed by atoms with Crippen molar-refractivity contribution in [1.82, 2.24) is 10.3 Å². The van der Waals surface area contributed by atoms with Gasteiger partial charge in [0.2, 0.25) is 0 Å². The first-order valence-electron chi connectivity index (χ1n) is 9.44. The van der Waals surface area contributed by atoms with E-state index in [1.165, 1.54) is 0 Å². The number of aryl methyl sites for hydroxylation is 1. The Labute approximate surface area is 166 Å². The molecule has 0 radical (unpaired) electrons. The summed E-state index contributed by atoms with van der Waals surface area (Å²) in [4.78, 5) is 17.6. The molecule has 0 spiro atoms. The van der Waals surface area contributed by atoms with E-state index >= 15 is 0 Å². The zero-order chi connectivity index (χ0) is 20.1. The Bertz CT molecular complexity index is 937. The molecule has 1 aromatic heterocycles. The molecule has 1 N–H and O–H groups in total. The number of rotatable bonds is 6. The number of nitrogens with one attached hydrogen (secondary N) is 1. The van der Waals surface area contributed by atoms with Gasteiger partial charge in [-0.2, -0.15) is 0 Å². The van der Waals surface area contributed by atoms with Crippen molar-refractivity contribution < 1.29 is 9.53 Å². The molecule has 3 aromatic rings. The molecule has 0 fully saturated rings. The summed E-state index contributed by atoms with van der Waals surface area (Å²) >= 11 is 0. The van der Waals surface area contributed by atoms with Crippen LogP contribution in [-0.4, -0.2) is 10.9 Å². The third-order valence-corrected chi connectivity index (χ3v) is 4.76. The smallest absolute Gasteiger partial charge is 0.252 e. The maximum atomic E-state index is 13.2. The van der Waals surface area contributed by atoms with Gasteiger partial charge in [0.1, 0.15) is 11.9 Å². The Balaban J connectivity index is 1.88. The van der Waals surface area contributed by atoms with Crippen molar-refractivity contribution in [3.63, 3.8) is 0 Å². The van der Waals surface area contributed by atoms with Crippen LogP contribution in [0, 0.1) is 6.92 Å². The molecule has 144 valence electrons. The van der Waals surface area contributed by atoms with E-state index in [-0.39, 0.29) is 12.0 Å². The van der Waals surface area contributed by atoms with E-state index in [9.17, 15) is 4.79 Å². The Hall–Kier alpha value is -3.14.